The quantitative estimate of drug-likeness (QED) is 0.781. The number of aliphatic hydroxyl groups is 1. The number of benzene rings is 1. The number of hydrogen-bond donors (Lipinski definition) is 2. The first kappa shape index (κ1) is 11.7. The topological polar surface area (TPSA) is 64.7 Å². The van der Waals surface area contributed by atoms with Gasteiger partial charge < -0.3 is 20.3 Å². The summed E-state index contributed by atoms with van der Waals surface area (Å²) in [5.74, 6) is -0.389. The summed E-state index contributed by atoms with van der Waals surface area (Å²) in [4.78, 5) is 0. The van der Waals surface area contributed by atoms with E-state index in [4.69, 9.17) is 15.2 Å². The second kappa shape index (κ2) is 4.95. The van der Waals surface area contributed by atoms with Gasteiger partial charge >= 0.3 is 0 Å². The smallest absolute Gasteiger partial charge is 0.197 e. The third-order valence-corrected chi connectivity index (χ3v) is 2.09. The molecule has 0 aliphatic heterocycles. The molecule has 0 aliphatic carbocycles. The molecule has 0 fully saturated rings. The van der Waals surface area contributed by atoms with E-state index in [1.807, 2.05) is 0 Å². The zero-order chi connectivity index (χ0) is 11.4. The molecule has 0 spiro atoms. The molecule has 0 bridgehead atoms. The molecular formula is C10H14FNO3. The van der Waals surface area contributed by atoms with Crippen molar-refractivity contribution >= 4 is 0 Å². The highest BCUT2D eigenvalue weighted by molar-refractivity contribution is 5.48. The Hall–Kier alpha value is -1.33. The summed E-state index contributed by atoms with van der Waals surface area (Å²) in [5.41, 5.74) is 5.73. The van der Waals surface area contributed by atoms with Crippen molar-refractivity contribution in [1.29, 1.82) is 0 Å². The molecule has 1 rings (SSSR count). The minimum absolute atomic E-state index is 0.0255. The number of rotatable bonds is 4. The maximum Gasteiger partial charge on any atom is 0.197 e. The molecule has 0 saturated heterocycles. The Kier molecular flexibility index (Phi) is 3.88. The van der Waals surface area contributed by atoms with Crippen molar-refractivity contribution in [1.82, 2.24) is 0 Å². The van der Waals surface area contributed by atoms with Gasteiger partial charge in [0.05, 0.1) is 20.3 Å². The molecule has 0 heterocycles. The Balaban J connectivity index is 3.28. The van der Waals surface area contributed by atoms with Gasteiger partial charge in [0.2, 0.25) is 0 Å². The van der Waals surface area contributed by atoms with Crippen molar-refractivity contribution in [2.24, 2.45) is 5.73 Å². The third kappa shape index (κ3) is 2.19. The Morgan fingerprint density at radius 1 is 1.33 bits per heavy atom. The first-order chi connectivity index (χ1) is 7.15. The van der Waals surface area contributed by atoms with Crippen LogP contribution in [0.5, 0.6) is 11.5 Å². The van der Waals surface area contributed by atoms with Crippen LogP contribution in [-0.2, 0) is 0 Å². The zero-order valence-electron chi connectivity index (χ0n) is 8.66. The van der Waals surface area contributed by atoms with Crippen LogP contribution in [0.4, 0.5) is 4.39 Å². The fourth-order valence-electron chi connectivity index (χ4n) is 1.34. The Labute approximate surface area is 87.4 Å². The van der Waals surface area contributed by atoms with Crippen LogP contribution >= 0.6 is 0 Å². The molecule has 0 radical (unpaired) electrons. The van der Waals surface area contributed by atoms with Crippen LogP contribution in [0.2, 0.25) is 0 Å². The fourth-order valence-corrected chi connectivity index (χ4v) is 1.34. The third-order valence-electron chi connectivity index (χ3n) is 2.09. The maximum atomic E-state index is 13.3. The van der Waals surface area contributed by atoms with Crippen LogP contribution in [0.1, 0.15) is 11.7 Å². The van der Waals surface area contributed by atoms with E-state index < -0.39 is 11.9 Å². The number of ether oxygens (including phenoxy) is 2. The Morgan fingerprint density at radius 3 is 2.40 bits per heavy atom. The van der Waals surface area contributed by atoms with Gasteiger partial charge in [0.25, 0.3) is 0 Å². The zero-order valence-corrected chi connectivity index (χ0v) is 8.66. The van der Waals surface area contributed by atoms with Gasteiger partial charge in [-0.25, -0.2) is 4.39 Å². The minimum atomic E-state index is -0.894. The number of nitrogens with two attached hydrogens (primary N) is 1. The maximum absolute atomic E-state index is 13.3. The predicted molar refractivity (Wildman–Crippen MR) is 53.5 cm³/mol. The van der Waals surface area contributed by atoms with Crippen LogP contribution in [0.25, 0.3) is 0 Å². The lowest BCUT2D eigenvalue weighted by Gasteiger charge is -2.16. The van der Waals surface area contributed by atoms with E-state index in [2.05, 4.69) is 0 Å². The highest BCUT2D eigenvalue weighted by Gasteiger charge is 2.19. The lowest BCUT2D eigenvalue weighted by atomic mass is 10.1. The van der Waals surface area contributed by atoms with Crippen molar-refractivity contribution in [3.63, 3.8) is 0 Å². The summed E-state index contributed by atoms with van der Waals surface area (Å²) in [7, 11) is 2.71. The summed E-state index contributed by atoms with van der Waals surface area (Å²) in [6.45, 7) is 0.0329. The first-order valence-electron chi connectivity index (χ1n) is 4.44. The van der Waals surface area contributed by atoms with E-state index in [0.717, 1.165) is 0 Å². The van der Waals surface area contributed by atoms with Gasteiger partial charge in [0.15, 0.2) is 17.3 Å². The molecule has 3 N–H and O–H groups in total. The molecule has 84 valence electrons. The Bertz CT molecular complexity index is 344. The van der Waals surface area contributed by atoms with Gasteiger partial charge in [-0.2, -0.15) is 0 Å². The molecule has 0 aromatic heterocycles. The van der Waals surface area contributed by atoms with Gasteiger partial charge in [0, 0.05) is 12.1 Å². The van der Waals surface area contributed by atoms with Crippen LogP contribution in [0.3, 0.4) is 0 Å². The van der Waals surface area contributed by atoms with E-state index in [1.54, 1.807) is 0 Å². The van der Waals surface area contributed by atoms with Crippen molar-refractivity contribution in [2.75, 3.05) is 20.8 Å². The standard InChI is InChI=1S/C10H14FNO3/c1-14-9-6(8(13)5-12)3-4-7(11)10(9)15-2/h3-4,8,13H,5,12H2,1-2H3. The average Bonchev–Trinajstić information content (AvgIpc) is 2.27. The summed E-state index contributed by atoms with van der Waals surface area (Å²) < 4.78 is 23.1. The molecule has 1 atom stereocenters. The van der Waals surface area contributed by atoms with Crippen molar-refractivity contribution < 1.29 is 19.0 Å². The van der Waals surface area contributed by atoms with Crippen molar-refractivity contribution in [3.8, 4) is 11.5 Å². The van der Waals surface area contributed by atoms with Crippen molar-refractivity contribution in [2.45, 2.75) is 6.10 Å². The Morgan fingerprint density at radius 2 is 1.93 bits per heavy atom. The second-order valence-corrected chi connectivity index (χ2v) is 2.95. The van der Waals surface area contributed by atoms with E-state index in [9.17, 15) is 9.50 Å². The molecular weight excluding hydrogens is 201 g/mol. The number of aliphatic hydroxyl groups excluding tert-OH is 1. The number of halogens is 1. The monoisotopic (exact) mass is 215 g/mol. The normalized spacial score (nSPS) is 12.3. The number of methoxy groups -OCH3 is 2. The molecule has 4 nitrogen and oxygen atoms in total. The second-order valence-electron chi connectivity index (χ2n) is 2.95. The van der Waals surface area contributed by atoms with Crippen LogP contribution in [0, 0.1) is 5.82 Å². The van der Waals surface area contributed by atoms with Crippen LogP contribution < -0.4 is 15.2 Å². The molecule has 0 amide bonds. The first-order valence-corrected chi connectivity index (χ1v) is 4.44. The van der Waals surface area contributed by atoms with E-state index in [1.165, 1.54) is 26.4 Å². The fraction of sp³-hybridized carbons (Fsp3) is 0.400. The van der Waals surface area contributed by atoms with Crippen LogP contribution in [0.15, 0.2) is 12.1 Å². The van der Waals surface area contributed by atoms with Crippen LogP contribution in [-0.4, -0.2) is 25.9 Å². The average molecular weight is 215 g/mol. The van der Waals surface area contributed by atoms with Gasteiger partial charge in [0.1, 0.15) is 0 Å². The SMILES string of the molecule is COc1c(F)ccc(C(O)CN)c1OC. The predicted octanol–water partition coefficient (Wildman–Crippen LogP) is 0.835. The summed E-state index contributed by atoms with van der Waals surface area (Å²) in [6, 6.07) is 2.63. The summed E-state index contributed by atoms with van der Waals surface area (Å²) in [5, 5.41) is 9.57. The van der Waals surface area contributed by atoms with E-state index >= 15 is 0 Å². The van der Waals surface area contributed by atoms with Gasteiger partial charge in [-0.05, 0) is 12.1 Å². The highest BCUT2D eigenvalue weighted by atomic mass is 19.1. The van der Waals surface area contributed by atoms with Gasteiger partial charge in [-0.1, -0.05) is 0 Å². The lowest BCUT2D eigenvalue weighted by Crippen LogP contribution is -2.13. The van der Waals surface area contributed by atoms with Gasteiger partial charge in [-0.15, -0.1) is 0 Å². The highest BCUT2D eigenvalue weighted by Crippen LogP contribution is 2.36. The largest absolute Gasteiger partial charge is 0.492 e. The van der Waals surface area contributed by atoms with Crippen molar-refractivity contribution in [3.05, 3.63) is 23.5 Å². The van der Waals surface area contributed by atoms with Gasteiger partial charge in [-0.3, -0.25) is 0 Å². The molecule has 1 aromatic rings. The summed E-state index contributed by atoms with van der Waals surface area (Å²) >= 11 is 0. The molecule has 5 heteroatoms. The molecule has 15 heavy (non-hydrogen) atoms. The molecule has 0 aliphatic rings. The molecule has 0 saturated carbocycles. The molecule has 1 aromatic carbocycles. The molecule has 1 unspecified atom stereocenters. The minimum Gasteiger partial charge on any atom is -0.492 e. The van der Waals surface area contributed by atoms with E-state index in [0.29, 0.717) is 5.56 Å². The number of hydrogen-bond acceptors (Lipinski definition) is 4. The van der Waals surface area contributed by atoms with E-state index in [-0.39, 0.29) is 18.0 Å². The lowest BCUT2D eigenvalue weighted by molar-refractivity contribution is 0.180. The summed E-state index contributed by atoms with van der Waals surface area (Å²) in [6.07, 6.45) is -0.894.